The van der Waals surface area contributed by atoms with E-state index in [4.69, 9.17) is 0 Å². The summed E-state index contributed by atoms with van der Waals surface area (Å²) in [5, 5.41) is 7.58. The third-order valence-corrected chi connectivity index (χ3v) is 3.84. The van der Waals surface area contributed by atoms with Gasteiger partial charge in [-0.1, -0.05) is 0 Å². The van der Waals surface area contributed by atoms with Gasteiger partial charge in [-0.2, -0.15) is 5.10 Å². The minimum atomic E-state index is 0.123. The van der Waals surface area contributed by atoms with Gasteiger partial charge in [0.2, 0.25) is 0 Å². The molecule has 0 saturated carbocycles. The van der Waals surface area contributed by atoms with Gasteiger partial charge in [-0.15, -0.1) is 0 Å². The maximum Gasteiger partial charge on any atom is 0.257 e. The molecule has 1 aromatic heterocycles. The van der Waals surface area contributed by atoms with Gasteiger partial charge in [-0.3, -0.25) is 9.48 Å². The number of hydrogen-bond acceptors (Lipinski definition) is 3. The highest BCUT2D eigenvalue weighted by Crippen LogP contribution is 2.18. The second kappa shape index (κ2) is 5.10. The summed E-state index contributed by atoms with van der Waals surface area (Å²) in [6.07, 6.45) is 2.21. The Morgan fingerprint density at radius 1 is 1.44 bits per heavy atom. The third-order valence-electron chi connectivity index (χ3n) is 3.84. The Labute approximate surface area is 108 Å². The Balaban J connectivity index is 2.20. The molecule has 1 aliphatic heterocycles. The number of nitrogens with one attached hydrogen (secondary N) is 1. The van der Waals surface area contributed by atoms with Crippen LogP contribution in [-0.2, 0) is 7.05 Å². The van der Waals surface area contributed by atoms with E-state index in [1.807, 2.05) is 32.8 Å². The van der Waals surface area contributed by atoms with Gasteiger partial charge in [0.15, 0.2) is 0 Å². The number of aromatic nitrogens is 2. The van der Waals surface area contributed by atoms with Crippen LogP contribution in [0.15, 0.2) is 0 Å². The Bertz CT molecular complexity index is 452. The fourth-order valence-electron chi connectivity index (χ4n) is 2.64. The molecule has 1 aromatic rings. The lowest BCUT2D eigenvalue weighted by Gasteiger charge is -2.32. The SMILES string of the molecule is CNC1CCCN(C(=O)c2c(C)nn(C)c2C)C1. The number of amides is 1. The first-order valence-electron chi connectivity index (χ1n) is 6.51. The molecule has 1 unspecified atom stereocenters. The van der Waals surface area contributed by atoms with Crippen molar-refractivity contribution in [3.63, 3.8) is 0 Å². The van der Waals surface area contributed by atoms with Crippen LogP contribution in [0.4, 0.5) is 0 Å². The van der Waals surface area contributed by atoms with Crippen molar-refractivity contribution in [2.75, 3.05) is 20.1 Å². The van der Waals surface area contributed by atoms with Crippen molar-refractivity contribution in [3.05, 3.63) is 17.0 Å². The van der Waals surface area contributed by atoms with Crippen molar-refractivity contribution in [1.82, 2.24) is 20.0 Å². The summed E-state index contributed by atoms with van der Waals surface area (Å²) >= 11 is 0. The average molecular weight is 250 g/mol. The highest BCUT2D eigenvalue weighted by atomic mass is 16.2. The summed E-state index contributed by atoms with van der Waals surface area (Å²) in [5.41, 5.74) is 2.55. The zero-order valence-corrected chi connectivity index (χ0v) is 11.7. The van der Waals surface area contributed by atoms with Crippen LogP contribution in [0.25, 0.3) is 0 Å². The fraction of sp³-hybridized carbons (Fsp3) is 0.692. The van der Waals surface area contributed by atoms with Crippen molar-refractivity contribution in [3.8, 4) is 0 Å². The molecule has 1 amide bonds. The third kappa shape index (κ3) is 2.27. The summed E-state index contributed by atoms with van der Waals surface area (Å²) in [6, 6.07) is 0.417. The highest BCUT2D eigenvalue weighted by molar-refractivity contribution is 5.96. The first-order chi connectivity index (χ1) is 8.54. The molecule has 0 radical (unpaired) electrons. The lowest BCUT2D eigenvalue weighted by molar-refractivity contribution is 0.0696. The van der Waals surface area contributed by atoms with Crippen molar-refractivity contribution in [2.24, 2.45) is 7.05 Å². The summed E-state index contributed by atoms with van der Waals surface area (Å²) in [5.74, 6) is 0.123. The van der Waals surface area contributed by atoms with Crippen LogP contribution in [0.1, 0.15) is 34.6 Å². The van der Waals surface area contributed by atoms with E-state index in [0.29, 0.717) is 6.04 Å². The molecule has 0 bridgehead atoms. The van der Waals surface area contributed by atoms with E-state index < -0.39 is 0 Å². The molecule has 0 aliphatic carbocycles. The number of aryl methyl sites for hydroxylation is 2. The summed E-state index contributed by atoms with van der Waals surface area (Å²) in [6.45, 7) is 5.50. The van der Waals surface area contributed by atoms with Crippen LogP contribution >= 0.6 is 0 Å². The molecule has 1 fully saturated rings. The molecule has 0 aromatic carbocycles. The molecule has 18 heavy (non-hydrogen) atoms. The van der Waals surface area contributed by atoms with Crippen LogP contribution in [0.3, 0.4) is 0 Å². The first-order valence-corrected chi connectivity index (χ1v) is 6.51. The molecule has 2 heterocycles. The van der Waals surface area contributed by atoms with E-state index in [1.165, 1.54) is 0 Å². The molecule has 1 N–H and O–H groups in total. The zero-order valence-electron chi connectivity index (χ0n) is 11.7. The quantitative estimate of drug-likeness (QED) is 0.847. The maximum absolute atomic E-state index is 12.6. The van der Waals surface area contributed by atoms with E-state index in [-0.39, 0.29) is 5.91 Å². The van der Waals surface area contributed by atoms with Gasteiger partial charge in [-0.05, 0) is 33.7 Å². The van der Waals surface area contributed by atoms with Gasteiger partial charge in [-0.25, -0.2) is 0 Å². The molecular weight excluding hydrogens is 228 g/mol. The van der Waals surface area contributed by atoms with Gasteiger partial charge in [0, 0.05) is 31.9 Å². The second-order valence-corrected chi connectivity index (χ2v) is 5.05. The number of carbonyl (C=O) groups excluding carboxylic acids is 1. The number of piperidine rings is 1. The van der Waals surface area contributed by atoms with Crippen LogP contribution < -0.4 is 5.32 Å². The van der Waals surface area contributed by atoms with Gasteiger partial charge < -0.3 is 10.2 Å². The molecule has 0 spiro atoms. The molecule has 5 heteroatoms. The van der Waals surface area contributed by atoms with Crippen LogP contribution in [0.2, 0.25) is 0 Å². The summed E-state index contributed by atoms with van der Waals surface area (Å²) in [7, 11) is 3.84. The van der Waals surface area contributed by atoms with Gasteiger partial charge in [0.05, 0.1) is 11.3 Å². The van der Waals surface area contributed by atoms with Gasteiger partial charge in [0.25, 0.3) is 5.91 Å². The summed E-state index contributed by atoms with van der Waals surface area (Å²) in [4.78, 5) is 14.5. The van der Waals surface area contributed by atoms with E-state index in [2.05, 4.69) is 10.4 Å². The monoisotopic (exact) mass is 250 g/mol. The van der Waals surface area contributed by atoms with Crippen LogP contribution in [0.5, 0.6) is 0 Å². The highest BCUT2D eigenvalue weighted by Gasteiger charge is 2.27. The zero-order chi connectivity index (χ0) is 13.3. The smallest absolute Gasteiger partial charge is 0.257 e. The van der Waals surface area contributed by atoms with Gasteiger partial charge >= 0.3 is 0 Å². The molecule has 1 aliphatic rings. The standard InChI is InChI=1S/C13H22N4O/c1-9-12(10(2)16(4)15-9)13(18)17-7-5-6-11(8-17)14-3/h11,14H,5-8H2,1-4H3. The topological polar surface area (TPSA) is 50.2 Å². The lowest BCUT2D eigenvalue weighted by Crippen LogP contribution is -2.47. The van der Waals surface area contributed by atoms with Crippen molar-refractivity contribution in [2.45, 2.75) is 32.7 Å². The first kappa shape index (κ1) is 13.1. The minimum Gasteiger partial charge on any atom is -0.337 e. The molecule has 1 saturated heterocycles. The summed E-state index contributed by atoms with van der Waals surface area (Å²) < 4.78 is 1.78. The predicted molar refractivity (Wildman–Crippen MR) is 70.7 cm³/mol. The molecule has 100 valence electrons. The number of hydrogen-bond donors (Lipinski definition) is 1. The normalized spacial score (nSPS) is 20.2. The number of nitrogens with zero attached hydrogens (tertiary/aromatic N) is 3. The van der Waals surface area contributed by atoms with Crippen molar-refractivity contribution < 1.29 is 4.79 Å². The Morgan fingerprint density at radius 3 is 2.72 bits per heavy atom. The Kier molecular flexibility index (Phi) is 3.71. The average Bonchev–Trinajstić information content (AvgIpc) is 2.62. The fourth-order valence-corrected chi connectivity index (χ4v) is 2.64. The molecule has 1 atom stereocenters. The van der Waals surface area contributed by atoms with E-state index in [1.54, 1.807) is 4.68 Å². The van der Waals surface area contributed by atoms with Crippen molar-refractivity contribution in [1.29, 1.82) is 0 Å². The van der Waals surface area contributed by atoms with E-state index in [9.17, 15) is 4.79 Å². The van der Waals surface area contributed by atoms with Crippen LogP contribution in [-0.4, -0.2) is 46.8 Å². The number of carbonyl (C=O) groups is 1. The van der Waals surface area contributed by atoms with E-state index >= 15 is 0 Å². The van der Waals surface area contributed by atoms with E-state index in [0.717, 1.165) is 42.9 Å². The van der Waals surface area contributed by atoms with Crippen LogP contribution in [0, 0.1) is 13.8 Å². The largest absolute Gasteiger partial charge is 0.337 e. The van der Waals surface area contributed by atoms with Crippen molar-refractivity contribution >= 4 is 5.91 Å². The Hall–Kier alpha value is -1.36. The molecular formula is C13H22N4O. The molecule has 5 nitrogen and oxygen atoms in total. The maximum atomic E-state index is 12.6. The lowest BCUT2D eigenvalue weighted by atomic mass is 10.0. The second-order valence-electron chi connectivity index (χ2n) is 5.05. The Morgan fingerprint density at radius 2 is 2.17 bits per heavy atom. The number of likely N-dealkylation sites (N-methyl/N-ethyl adjacent to an activating group) is 1. The molecule has 2 rings (SSSR count). The predicted octanol–water partition coefficient (Wildman–Crippen LogP) is 0.861. The number of rotatable bonds is 2. The minimum absolute atomic E-state index is 0.123. The number of likely N-dealkylation sites (tertiary alicyclic amines) is 1. The van der Waals surface area contributed by atoms with Gasteiger partial charge in [0.1, 0.15) is 0 Å².